The molecule has 1 heterocycles. The average molecular weight is 317 g/mol. The highest BCUT2D eigenvalue weighted by Crippen LogP contribution is 2.40. The van der Waals surface area contributed by atoms with Crippen molar-refractivity contribution in [3.63, 3.8) is 0 Å². The van der Waals surface area contributed by atoms with Crippen molar-refractivity contribution >= 4 is 11.6 Å². The Balaban J connectivity index is 1.97. The molecule has 1 amide bonds. The number of hydrogen-bond acceptors (Lipinski definition) is 2. The van der Waals surface area contributed by atoms with Gasteiger partial charge in [-0.15, -0.1) is 0 Å². The average Bonchev–Trinajstić information content (AvgIpc) is 2.49. The van der Waals surface area contributed by atoms with E-state index in [4.69, 9.17) is 4.74 Å². The van der Waals surface area contributed by atoms with Crippen molar-refractivity contribution in [2.75, 3.05) is 4.90 Å². The molecule has 2 aromatic rings. The Hall–Kier alpha value is -2.43. The molecule has 120 valence electrons. The molecule has 0 aromatic heterocycles. The van der Waals surface area contributed by atoms with Crippen molar-refractivity contribution in [1.29, 1.82) is 0 Å². The minimum atomic E-state index is -0.732. The van der Waals surface area contributed by atoms with Gasteiger partial charge in [0.2, 0.25) is 5.91 Å². The van der Waals surface area contributed by atoms with E-state index in [1.807, 2.05) is 31.2 Å². The van der Waals surface area contributed by atoms with Crippen LogP contribution in [0.15, 0.2) is 42.5 Å². The maximum atomic E-state index is 13.9. The first-order valence-corrected chi connectivity index (χ1v) is 7.48. The molecular formula is C18H17F2NO2. The molecule has 23 heavy (non-hydrogen) atoms. The number of carbonyl (C=O) groups excluding carboxylic acids is 1. The summed E-state index contributed by atoms with van der Waals surface area (Å²) in [6.07, 6.45) is 0.143. The van der Waals surface area contributed by atoms with Crippen molar-refractivity contribution < 1.29 is 18.3 Å². The molecule has 3 rings (SSSR count). The van der Waals surface area contributed by atoms with Crippen LogP contribution in [-0.2, 0) is 4.79 Å². The van der Waals surface area contributed by atoms with E-state index in [0.717, 1.165) is 17.3 Å². The van der Waals surface area contributed by atoms with E-state index < -0.39 is 17.7 Å². The molecule has 0 bridgehead atoms. The second-order valence-electron chi connectivity index (χ2n) is 5.71. The van der Waals surface area contributed by atoms with Gasteiger partial charge in [0.1, 0.15) is 11.9 Å². The number of hydrogen-bond donors (Lipinski definition) is 0. The lowest BCUT2D eigenvalue weighted by atomic mass is 9.93. The topological polar surface area (TPSA) is 29.5 Å². The summed E-state index contributed by atoms with van der Waals surface area (Å²) >= 11 is 0. The second kappa shape index (κ2) is 5.99. The zero-order chi connectivity index (χ0) is 16.6. The summed E-state index contributed by atoms with van der Waals surface area (Å²) < 4.78 is 32.7. The van der Waals surface area contributed by atoms with Gasteiger partial charge in [0.25, 0.3) is 0 Å². The number of benzene rings is 2. The fourth-order valence-electron chi connectivity index (χ4n) is 3.07. The summed E-state index contributed by atoms with van der Waals surface area (Å²) in [4.78, 5) is 13.6. The van der Waals surface area contributed by atoms with Gasteiger partial charge in [0.05, 0.1) is 5.69 Å². The Kier molecular flexibility index (Phi) is 4.03. The molecule has 0 spiro atoms. The standard InChI is InChI=1S/C18H17F2NO2/c1-11-9-18(23-17-8-7-13(19)10-15(17)20)14-5-3-4-6-16(14)21(11)12(2)22/h3-8,10-11,18H,9H2,1-2H3/t11-,18+/m1/s1. The van der Waals surface area contributed by atoms with Crippen LogP contribution in [-0.4, -0.2) is 11.9 Å². The number of nitrogens with zero attached hydrogens (tertiary/aromatic N) is 1. The smallest absolute Gasteiger partial charge is 0.224 e. The van der Waals surface area contributed by atoms with Crippen molar-refractivity contribution in [3.05, 3.63) is 59.7 Å². The van der Waals surface area contributed by atoms with E-state index >= 15 is 0 Å². The van der Waals surface area contributed by atoms with Crippen LogP contribution in [0.4, 0.5) is 14.5 Å². The minimum Gasteiger partial charge on any atom is -0.482 e. The first-order chi connectivity index (χ1) is 11.0. The zero-order valence-corrected chi connectivity index (χ0v) is 12.9. The summed E-state index contributed by atoms with van der Waals surface area (Å²) in [5.74, 6) is -1.41. The van der Waals surface area contributed by atoms with E-state index in [0.29, 0.717) is 6.42 Å². The maximum Gasteiger partial charge on any atom is 0.224 e. The normalized spacial score (nSPS) is 20.1. The highest BCUT2D eigenvalue weighted by molar-refractivity contribution is 5.93. The SMILES string of the molecule is CC(=O)N1c2ccccc2[C@@H](Oc2ccc(F)cc2F)C[C@H]1C. The number of para-hydroxylation sites is 1. The lowest BCUT2D eigenvalue weighted by Crippen LogP contribution is -2.42. The summed E-state index contributed by atoms with van der Waals surface area (Å²) in [6.45, 7) is 3.45. The highest BCUT2D eigenvalue weighted by Gasteiger charge is 2.33. The Labute approximate surface area is 133 Å². The van der Waals surface area contributed by atoms with Gasteiger partial charge in [-0.05, 0) is 25.1 Å². The van der Waals surface area contributed by atoms with E-state index in [-0.39, 0.29) is 17.7 Å². The number of anilines is 1. The molecule has 2 atom stereocenters. The molecule has 5 heteroatoms. The van der Waals surface area contributed by atoms with Gasteiger partial charge in [-0.25, -0.2) is 8.78 Å². The maximum absolute atomic E-state index is 13.9. The lowest BCUT2D eigenvalue weighted by Gasteiger charge is -2.38. The lowest BCUT2D eigenvalue weighted by molar-refractivity contribution is -0.117. The Morgan fingerprint density at radius 1 is 1.22 bits per heavy atom. The number of amides is 1. The van der Waals surface area contributed by atoms with Crippen molar-refractivity contribution in [3.8, 4) is 5.75 Å². The zero-order valence-electron chi connectivity index (χ0n) is 12.9. The molecule has 0 saturated heterocycles. The summed E-state index contributed by atoms with van der Waals surface area (Å²) in [6, 6.07) is 10.6. The molecule has 0 radical (unpaired) electrons. The molecular weight excluding hydrogens is 300 g/mol. The third kappa shape index (κ3) is 2.91. The van der Waals surface area contributed by atoms with E-state index in [2.05, 4.69) is 0 Å². The first kappa shape index (κ1) is 15.5. The first-order valence-electron chi connectivity index (χ1n) is 7.48. The Morgan fingerprint density at radius 3 is 2.65 bits per heavy atom. The quantitative estimate of drug-likeness (QED) is 0.829. The minimum absolute atomic E-state index is 0.00896. The number of fused-ring (bicyclic) bond motifs is 1. The molecule has 1 aliphatic rings. The number of ether oxygens (including phenoxy) is 1. The van der Waals surface area contributed by atoms with Crippen LogP contribution >= 0.6 is 0 Å². The van der Waals surface area contributed by atoms with Gasteiger partial charge in [-0.1, -0.05) is 18.2 Å². The molecule has 0 unspecified atom stereocenters. The third-order valence-electron chi connectivity index (χ3n) is 4.04. The second-order valence-corrected chi connectivity index (χ2v) is 5.71. The molecule has 0 N–H and O–H groups in total. The Bertz CT molecular complexity index is 748. The van der Waals surface area contributed by atoms with Gasteiger partial charge in [-0.3, -0.25) is 4.79 Å². The van der Waals surface area contributed by atoms with Crippen LogP contribution in [0.25, 0.3) is 0 Å². The molecule has 2 aromatic carbocycles. The van der Waals surface area contributed by atoms with Crippen LogP contribution < -0.4 is 9.64 Å². The number of halogens is 2. The van der Waals surface area contributed by atoms with E-state index in [1.165, 1.54) is 19.1 Å². The fraction of sp³-hybridized carbons (Fsp3) is 0.278. The van der Waals surface area contributed by atoms with Gasteiger partial charge in [-0.2, -0.15) is 0 Å². The Morgan fingerprint density at radius 2 is 1.96 bits per heavy atom. The van der Waals surface area contributed by atoms with Crippen molar-refractivity contribution in [2.45, 2.75) is 32.4 Å². The highest BCUT2D eigenvalue weighted by atomic mass is 19.1. The molecule has 3 nitrogen and oxygen atoms in total. The van der Waals surface area contributed by atoms with Crippen LogP contribution in [0, 0.1) is 11.6 Å². The van der Waals surface area contributed by atoms with Crippen molar-refractivity contribution in [2.24, 2.45) is 0 Å². The van der Waals surface area contributed by atoms with Gasteiger partial charge in [0, 0.05) is 31.0 Å². The molecule has 0 aliphatic carbocycles. The molecule has 0 fully saturated rings. The van der Waals surface area contributed by atoms with E-state index in [9.17, 15) is 13.6 Å². The van der Waals surface area contributed by atoms with E-state index in [1.54, 1.807) is 4.90 Å². The number of rotatable bonds is 2. The van der Waals surface area contributed by atoms with Crippen LogP contribution in [0.2, 0.25) is 0 Å². The van der Waals surface area contributed by atoms with Crippen LogP contribution in [0.3, 0.4) is 0 Å². The fourth-order valence-corrected chi connectivity index (χ4v) is 3.07. The largest absolute Gasteiger partial charge is 0.482 e. The predicted octanol–water partition coefficient (Wildman–Crippen LogP) is 4.23. The van der Waals surface area contributed by atoms with Gasteiger partial charge < -0.3 is 9.64 Å². The monoisotopic (exact) mass is 317 g/mol. The van der Waals surface area contributed by atoms with Gasteiger partial charge in [0.15, 0.2) is 11.6 Å². The van der Waals surface area contributed by atoms with Gasteiger partial charge >= 0.3 is 0 Å². The molecule has 1 aliphatic heterocycles. The summed E-state index contributed by atoms with van der Waals surface area (Å²) in [5.41, 5.74) is 1.59. The predicted molar refractivity (Wildman–Crippen MR) is 83.4 cm³/mol. The third-order valence-corrected chi connectivity index (χ3v) is 4.04. The molecule has 0 saturated carbocycles. The summed E-state index contributed by atoms with van der Waals surface area (Å²) in [5, 5.41) is 0. The number of carbonyl (C=O) groups is 1. The van der Waals surface area contributed by atoms with Crippen LogP contribution in [0.5, 0.6) is 5.75 Å². The van der Waals surface area contributed by atoms with Crippen molar-refractivity contribution in [1.82, 2.24) is 0 Å². The summed E-state index contributed by atoms with van der Waals surface area (Å²) in [7, 11) is 0. The van der Waals surface area contributed by atoms with Crippen LogP contribution in [0.1, 0.15) is 31.9 Å².